The SMILES string of the molecule is O=C1[N]CCN1Cc1ccc(Cl)cc1. The van der Waals surface area contributed by atoms with Gasteiger partial charge in [-0.3, -0.25) is 0 Å². The maximum Gasteiger partial charge on any atom is 0.339 e. The van der Waals surface area contributed by atoms with Crippen molar-refractivity contribution in [1.82, 2.24) is 10.2 Å². The number of carbonyl (C=O) groups is 1. The van der Waals surface area contributed by atoms with Crippen LogP contribution in [0.3, 0.4) is 0 Å². The van der Waals surface area contributed by atoms with Crippen LogP contribution in [-0.4, -0.2) is 24.0 Å². The second-order valence-electron chi connectivity index (χ2n) is 3.21. The molecule has 1 aromatic rings. The molecule has 1 radical (unpaired) electrons. The number of nitrogens with zero attached hydrogens (tertiary/aromatic N) is 2. The summed E-state index contributed by atoms with van der Waals surface area (Å²) in [6.45, 7) is 1.97. The quantitative estimate of drug-likeness (QED) is 0.733. The highest BCUT2D eigenvalue weighted by Crippen LogP contribution is 2.12. The summed E-state index contributed by atoms with van der Waals surface area (Å²) in [4.78, 5) is 12.9. The minimum absolute atomic E-state index is 0.111. The Kier molecular flexibility index (Phi) is 2.59. The molecule has 14 heavy (non-hydrogen) atoms. The van der Waals surface area contributed by atoms with Crippen molar-refractivity contribution in [3.05, 3.63) is 34.9 Å². The number of carbonyl (C=O) groups excluding carboxylic acids is 1. The molecule has 1 saturated heterocycles. The first kappa shape index (κ1) is 9.34. The molecule has 0 spiro atoms. The Morgan fingerprint density at radius 2 is 2.07 bits per heavy atom. The smallest absolute Gasteiger partial charge is 0.317 e. The highest BCUT2D eigenvalue weighted by Gasteiger charge is 2.20. The van der Waals surface area contributed by atoms with E-state index in [9.17, 15) is 4.79 Å². The zero-order valence-corrected chi connectivity index (χ0v) is 8.37. The summed E-state index contributed by atoms with van der Waals surface area (Å²) < 4.78 is 0. The van der Waals surface area contributed by atoms with Crippen LogP contribution in [0.2, 0.25) is 5.02 Å². The third-order valence-electron chi connectivity index (χ3n) is 2.17. The summed E-state index contributed by atoms with van der Waals surface area (Å²) >= 11 is 5.76. The molecule has 0 aliphatic carbocycles. The predicted octanol–water partition coefficient (Wildman–Crippen LogP) is 1.88. The van der Waals surface area contributed by atoms with Gasteiger partial charge in [0.2, 0.25) is 0 Å². The van der Waals surface area contributed by atoms with Gasteiger partial charge < -0.3 is 4.90 Å². The van der Waals surface area contributed by atoms with Crippen molar-refractivity contribution >= 4 is 17.6 Å². The molecule has 1 aromatic carbocycles. The van der Waals surface area contributed by atoms with Gasteiger partial charge in [0, 0.05) is 18.1 Å². The summed E-state index contributed by atoms with van der Waals surface area (Å²) in [5.74, 6) is 0. The number of halogens is 1. The lowest BCUT2D eigenvalue weighted by molar-refractivity contribution is 0.215. The standard InChI is InChI=1S/C10H10ClN2O/c11-9-3-1-8(2-4-9)7-13-6-5-12-10(13)14/h1-4H,5-7H2. The van der Waals surface area contributed by atoms with Crippen molar-refractivity contribution in [3.8, 4) is 0 Å². The van der Waals surface area contributed by atoms with Crippen LogP contribution in [-0.2, 0) is 6.54 Å². The van der Waals surface area contributed by atoms with Crippen LogP contribution < -0.4 is 5.32 Å². The molecule has 1 fully saturated rings. The molecule has 1 heterocycles. The van der Waals surface area contributed by atoms with E-state index in [0.717, 1.165) is 12.1 Å². The first-order valence-corrected chi connectivity index (χ1v) is 4.84. The Bertz CT molecular complexity index is 336. The zero-order valence-electron chi connectivity index (χ0n) is 7.61. The first-order valence-electron chi connectivity index (χ1n) is 4.46. The average molecular weight is 210 g/mol. The molecule has 1 aliphatic rings. The molecule has 0 saturated carbocycles. The Hall–Kier alpha value is -1.22. The largest absolute Gasteiger partial charge is 0.339 e. The second-order valence-corrected chi connectivity index (χ2v) is 3.65. The van der Waals surface area contributed by atoms with Crippen molar-refractivity contribution in [2.24, 2.45) is 0 Å². The molecule has 0 bridgehead atoms. The fourth-order valence-corrected chi connectivity index (χ4v) is 1.54. The molecule has 0 N–H and O–H groups in total. The van der Waals surface area contributed by atoms with Crippen LogP contribution in [0.15, 0.2) is 24.3 Å². The highest BCUT2D eigenvalue weighted by atomic mass is 35.5. The summed E-state index contributed by atoms with van der Waals surface area (Å²) in [6, 6.07) is 7.39. The summed E-state index contributed by atoms with van der Waals surface area (Å²) in [7, 11) is 0. The van der Waals surface area contributed by atoms with Crippen molar-refractivity contribution in [2.75, 3.05) is 13.1 Å². The van der Waals surface area contributed by atoms with E-state index in [1.165, 1.54) is 0 Å². The number of urea groups is 1. The van der Waals surface area contributed by atoms with Crippen molar-refractivity contribution in [3.63, 3.8) is 0 Å². The molecule has 0 atom stereocenters. The Balaban J connectivity index is 2.03. The van der Waals surface area contributed by atoms with Crippen LogP contribution in [0, 0.1) is 0 Å². The monoisotopic (exact) mass is 209 g/mol. The van der Waals surface area contributed by atoms with Crippen molar-refractivity contribution in [2.45, 2.75) is 6.54 Å². The third kappa shape index (κ3) is 1.99. The van der Waals surface area contributed by atoms with Crippen LogP contribution in [0.4, 0.5) is 4.79 Å². The van der Waals surface area contributed by atoms with E-state index in [-0.39, 0.29) is 6.03 Å². The maximum absolute atomic E-state index is 11.2. The first-order chi connectivity index (χ1) is 6.75. The molecule has 73 valence electrons. The van der Waals surface area contributed by atoms with E-state index in [1.54, 1.807) is 4.90 Å². The lowest BCUT2D eigenvalue weighted by Crippen LogP contribution is -2.25. The van der Waals surface area contributed by atoms with Crippen LogP contribution >= 0.6 is 11.6 Å². The molecule has 3 nitrogen and oxygen atoms in total. The van der Waals surface area contributed by atoms with Gasteiger partial charge >= 0.3 is 6.03 Å². The van der Waals surface area contributed by atoms with E-state index >= 15 is 0 Å². The van der Waals surface area contributed by atoms with Gasteiger partial charge in [-0.05, 0) is 17.7 Å². The fourth-order valence-electron chi connectivity index (χ4n) is 1.42. The summed E-state index contributed by atoms with van der Waals surface area (Å²) in [5.41, 5.74) is 1.08. The summed E-state index contributed by atoms with van der Waals surface area (Å²) in [6.07, 6.45) is 0. The fraction of sp³-hybridized carbons (Fsp3) is 0.300. The van der Waals surface area contributed by atoms with Crippen LogP contribution in [0.25, 0.3) is 0 Å². The Morgan fingerprint density at radius 3 is 2.64 bits per heavy atom. The molecule has 1 aliphatic heterocycles. The van der Waals surface area contributed by atoms with Gasteiger partial charge in [-0.1, -0.05) is 23.7 Å². The van der Waals surface area contributed by atoms with E-state index in [2.05, 4.69) is 5.32 Å². The number of amides is 2. The number of hydrogen-bond acceptors (Lipinski definition) is 1. The van der Waals surface area contributed by atoms with Crippen molar-refractivity contribution in [1.29, 1.82) is 0 Å². The molecule has 0 unspecified atom stereocenters. The van der Waals surface area contributed by atoms with Gasteiger partial charge in [0.25, 0.3) is 0 Å². The minimum Gasteiger partial charge on any atom is -0.317 e. The molecular weight excluding hydrogens is 200 g/mol. The lowest BCUT2D eigenvalue weighted by atomic mass is 10.2. The minimum atomic E-state index is -0.111. The molecule has 2 amide bonds. The van der Waals surface area contributed by atoms with E-state index < -0.39 is 0 Å². The molecular formula is C10H10ClN2O. The van der Waals surface area contributed by atoms with Crippen LogP contribution in [0.5, 0.6) is 0 Å². The highest BCUT2D eigenvalue weighted by molar-refractivity contribution is 6.30. The summed E-state index contributed by atoms with van der Waals surface area (Å²) in [5, 5.41) is 4.51. The van der Waals surface area contributed by atoms with E-state index in [1.807, 2.05) is 24.3 Å². The Morgan fingerprint density at radius 1 is 1.36 bits per heavy atom. The maximum atomic E-state index is 11.2. The van der Waals surface area contributed by atoms with E-state index in [4.69, 9.17) is 11.6 Å². The Labute approximate surface area is 87.7 Å². The molecule has 2 rings (SSSR count). The van der Waals surface area contributed by atoms with Gasteiger partial charge in [0.15, 0.2) is 0 Å². The van der Waals surface area contributed by atoms with Gasteiger partial charge in [0.05, 0.1) is 6.54 Å². The van der Waals surface area contributed by atoms with Crippen molar-refractivity contribution < 1.29 is 4.79 Å². The van der Waals surface area contributed by atoms with Gasteiger partial charge in [0.1, 0.15) is 0 Å². The van der Waals surface area contributed by atoms with Gasteiger partial charge in [-0.2, -0.15) is 0 Å². The predicted molar refractivity (Wildman–Crippen MR) is 54.3 cm³/mol. The zero-order chi connectivity index (χ0) is 9.97. The van der Waals surface area contributed by atoms with E-state index in [0.29, 0.717) is 18.1 Å². The average Bonchev–Trinajstić information content (AvgIpc) is 2.56. The number of hydrogen-bond donors (Lipinski definition) is 0. The normalized spacial score (nSPS) is 15.8. The lowest BCUT2D eigenvalue weighted by Gasteiger charge is -2.13. The number of benzene rings is 1. The van der Waals surface area contributed by atoms with Gasteiger partial charge in [-0.15, -0.1) is 0 Å². The molecule has 0 aromatic heterocycles. The third-order valence-corrected chi connectivity index (χ3v) is 2.43. The second kappa shape index (κ2) is 3.88. The van der Waals surface area contributed by atoms with Crippen LogP contribution in [0.1, 0.15) is 5.56 Å². The number of rotatable bonds is 2. The topological polar surface area (TPSA) is 34.4 Å². The molecule has 4 heteroatoms. The van der Waals surface area contributed by atoms with Gasteiger partial charge in [-0.25, -0.2) is 10.1 Å².